The minimum absolute atomic E-state index is 0.367. The van der Waals surface area contributed by atoms with Crippen LogP contribution < -0.4 is 0 Å². The van der Waals surface area contributed by atoms with E-state index in [1.807, 2.05) is 6.33 Å². The van der Waals surface area contributed by atoms with Crippen molar-refractivity contribution in [2.75, 3.05) is 6.61 Å². The maximum Gasteiger partial charge on any atom is 0.138 e. The molecular weight excluding hydrogens is 178 g/mol. The van der Waals surface area contributed by atoms with Gasteiger partial charge >= 0.3 is 0 Å². The van der Waals surface area contributed by atoms with Crippen LogP contribution in [0.4, 0.5) is 0 Å². The normalized spacial score (nSPS) is 27.0. The Hall–Kier alpha value is -0.900. The zero-order valence-corrected chi connectivity index (χ0v) is 8.81. The van der Waals surface area contributed by atoms with Crippen molar-refractivity contribution in [3.63, 3.8) is 0 Å². The summed E-state index contributed by atoms with van der Waals surface area (Å²) in [7, 11) is 0. The molecule has 0 radical (unpaired) electrons. The van der Waals surface area contributed by atoms with E-state index in [9.17, 15) is 0 Å². The van der Waals surface area contributed by atoms with Gasteiger partial charge in [0.05, 0.1) is 12.7 Å². The van der Waals surface area contributed by atoms with Crippen molar-refractivity contribution in [3.8, 4) is 0 Å². The molecule has 2 rings (SSSR count). The van der Waals surface area contributed by atoms with Gasteiger partial charge in [0.2, 0.25) is 0 Å². The molecular formula is C10H17N3O. The molecule has 14 heavy (non-hydrogen) atoms. The average molecular weight is 195 g/mol. The van der Waals surface area contributed by atoms with Gasteiger partial charge in [0, 0.05) is 12.5 Å². The van der Waals surface area contributed by atoms with Crippen molar-refractivity contribution in [3.05, 3.63) is 12.2 Å². The second kappa shape index (κ2) is 4.09. The minimum atomic E-state index is 0.367. The number of aryl methyl sites for hydroxylation is 1. The van der Waals surface area contributed by atoms with Crippen LogP contribution in [0.15, 0.2) is 6.33 Å². The quantitative estimate of drug-likeness (QED) is 0.735. The smallest absolute Gasteiger partial charge is 0.138 e. The molecule has 0 saturated carbocycles. The van der Waals surface area contributed by atoms with E-state index < -0.39 is 0 Å². The molecule has 1 aliphatic heterocycles. The Morgan fingerprint density at radius 1 is 1.64 bits per heavy atom. The number of hydrogen-bond donors (Lipinski definition) is 0. The van der Waals surface area contributed by atoms with E-state index in [1.54, 1.807) is 0 Å². The second-order valence-electron chi connectivity index (χ2n) is 3.96. The van der Waals surface area contributed by atoms with Crippen LogP contribution in [0, 0.1) is 0 Å². The molecule has 1 fully saturated rings. The van der Waals surface area contributed by atoms with Crippen LogP contribution in [0.3, 0.4) is 0 Å². The highest BCUT2D eigenvalue weighted by Crippen LogP contribution is 2.27. The number of ether oxygens (including phenoxy) is 1. The Morgan fingerprint density at radius 3 is 3.14 bits per heavy atom. The standard InChI is InChI=1S/C10H17N3O/c1-3-4-13-7-11-12-10(13)9-5-8(2)14-6-9/h7-9H,3-6H2,1-2H3. The molecule has 0 amide bonds. The van der Waals surface area contributed by atoms with Crippen molar-refractivity contribution in [2.45, 2.75) is 45.3 Å². The van der Waals surface area contributed by atoms with E-state index in [0.29, 0.717) is 12.0 Å². The highest BCUT2D eigenvalue weighted by molar-refractivity contribution is 4.99. The summed E-state index contributed by atoms with van der Waals surface area (Å²) in [6.07, 6.45) is 4.38. The molecule has 1 aromatic heterocycles. The molecule has 0 aromatic carbocycles. The van der Waals surface area contributed by atoms with Gasteiger partial charge in [0.15, 0.2) is 0 Å². The van der Waals surface area contributed by atoms with E-state index in [0.717, 1.165) is 31.8 Å². The number of hydrogen-bond acceptors (Lipinski definition) is 3. The van der Waals surface area contributed by atoms with E-state index in [2.05, 4.69) is 28.6 Å². The summed E-state index contributed by atoms with van der Waals surface area (Å²) in [5, 5.41) is 8.15. The Bertz CT molecular complexity index is 297. The fraction of sp³-hybridized carbons (Fsp3) is 0.800. The summed E-state index contributed by atoms with van der Waals surface area (Å²) in [5.41, 5.74) is 0. The van der Waals surface area contributed by atoms with Crippen LogP contribution in [0.5, 0.6) is 0 Å². The zero-order chi connectivity index (χ0) is 9.97. The van der Waals surface area contributed by atoms with Crippen LogP contribution in [-0.4, -0.2) is 27.5 Å². The monoisotopic (exact) mass is 195 g/mol. The Morgan fingerprint density at radius 2 is 2.50 bits per heavy atom. The van der Waals surface area contributed by atoms with E-state index in [1.165, 1.54) is 0 Å². The van der Waals surface area contributed by atoms with Gasteiger partial charge < -0.3 is 9.30 Å². The summed E-state index contributed by atoms with van der Waals surface area (Å²) in [5.74, 6) is 1.54. The lowest BCUT2D eigenvalue weighted by Gasteiger charge is -2.08. The molecule has 1 saturated heterocycles. The lowest BCUT2D eigenvalue weighted by atomic mass is 10.1. The highest BCUT2D eigenvalue weighted by Gasteiger charge is 2.27. The summed E-state index contributed by atoms with van der Waals surface area (Å²) < 4.78 is 7.69. The molecule has 0 aliphatic carbocycles. The largest absolute Gasteiger partial charge is 0.378 e. The SMILES string of the molecule is CCCn1cnnc1C1COC(C)C1. The van der Waals surface area contributed by atoms with Crippen LogP contribution in [0.2, 0.25) is 0 Å². The van der Waals surface area contributed by atoms with Gasteiger partial charge in [-0.3, -0.25) is 0 Å². The fourth-order valence-electron chi connectivity index (χ4n) is 1.99. The van der Waals surface area contributed by atoms with Crippen molar-refractivity contribution >= 4 is 0 Å². The Kier molecular flexibility index (Phi) is 2.82. The molecule has 0 spiro atoms. The van der Waals surface area contributed by atoms with Gasteiger partial charge in [-0.15, -0.1) is 10.2 Å². The first-order chi connectivity index (χ1) is 6.81. The van der Waals surface area contributed by atoms with Gasteiger partial charge in [-0.25, -0.2) is 0 Å². The number of rotatable bonds is 3. The molecule has 78 valence electrons. The van der Waals surface area contributed by atoms with Crippen molar-refractivity contribution < 1.29 is 4.74 Å². The van der Waals surface area contributed by atoms with Crippen molar-refractivity contribution in [1.82, 2.24) is 14.8 Å². The summed E-state index contributed by atoms with van der Waals surface area (Å²) >= 11 is 0. The topological polar surface area (TPSA) is 39.9 Å². The maximum atomic E-state index is 5.54. The lowest BCUT2D eigenvalue weighted by molar-refractivity contribution is 0.123. The molecule has 2 heterocycles. The highest BCUT2D eigenvalue weighted by atomic mass is 16.5. The third-order valence-corrected chi connectivity index (χ3v) is 2.67. The minimum Gasteiger partial charge on any atom is -0.378 e. The van der Waals surface area contributed by atoms with Gasteiger partial charge in [0.25, 0.3) is 0 Å². The second-order valence-corrected chi connectivity index (χ2v) is 3.96. The van der Waals surface area contributed by atoms with Gasteiger partial charge in [0.1, 0.15) is 12.2 Å². The predicted molar refractivity (Wildman–Crippen MR) is 53.1 cm³/mol. The average Bonchev–Trinajstić information content (AvgIpc) is 2.74. The molecule has 0 N–H and O–H groups in total. The predicted octanol–water partition coefficient (Wildman–Crippen LogP) is 1.58. The van der Waals surface area contributed by atoms with Crippen molar-refractivity contribution in [1.29, 1.82) is 0 Å². The molecule has 4 nitrogen and oxygen atoms in total. The van der Waals surface area contributed by atoms with Crippen LogP contribution in [0.25, 0.3) is 0 Å². The van der Waals surface area contributed by atoms with E-state index in [-0.39, 0.29) is 0 Å². The van der Waals surface area contributed by atoms with Gasteiger partial charge in [-0.2, -0.15) is 0 Å². The van der Waals surface area contributed by atoms with Crippen molar-refractivity contribution in [2.24, 2.45) is 0 Å². The summed E-state index contributed by atoms with van der Waals surface area (Å²) in [6.45, 7) is 6.08. The summed E-state index contributed by atoms with van der Waals surface area (Å²) in [6, 6.07) is 0. The maximum absolute atomic E-state index is 5.54. The van der Waals surface area contributed by atoms with E-state index in [4.69, 9.17) is 4.74 Å². The van der Waals surface area contributed by atoms with Gasteiger partial charge in [-0.1, -0.05) is 6.92 Å². The Balaban J connectivity index is 2.11. The molecule has 1 aliphatic rings. The van der Waals surface area contributed by atoms with Crippen LogP contribution in [0.1, 0.15) is 38.4 Å². The number of aromatic nitrogens is 3. The third-order valence-electron chi connectivity index (χ3n) is 2.67. The molecule has 2 atom stereocenters. The molecule has 0 bridgehead atoms. The molecule has 4 heteroatoms. The lowest BCUT2D eigenvalue weighted by Crippen LogP contribution is -2.08. The first kappa shape index (κ1) is 9.65. The first-order valence-corrected chi connectivity index (χ1v) is 5.30. The van der Waals surface area contributed by atoms with Gasteiger partial charge in [-0.05, 0) is 19.8 Å². The van der Waals surface area contributed by atoms with E-state index >= 15 is 0 Å². The number of nitrogens with zero attached hydrogens (tertiary/aromatic N) is 3. The van der Waals surface area contributed by atoms with Crippen LogP contribution >= 0.6 is 0 Å². The van der Waals surface area contributed by atoms with Crippen LogP contribution in [-0.2, 0) is 11.3 Å². The molecule has 1 aromatic rings. The zero-order valence-electron chi connectivity index (χ0n) is 8.81. The first-order valence-electron chi connectivity index (χ1n) is 5.30. The summed E-state index contributed by atoms with van der Waals surface area (Å²) in [4.78, 5) is 0. The fourth-order valence-corrected chi connectivity index (χ4v) is 1.99. The third kappa shape index (κ3) is 1.80. The molecule has 2 unspecified atom stereocenters. The Labute approximate surface area is 84.3 Å².